The van der Waals surface area contributed by atoms with Crippen LogP contribution >= 0.6 is 0 Å². The third kappa shape index (κ3) is 2.68. The molecule has 0 amide bonds. The minimum absolute atomic E-state index is 0.249. The summed E-state index contributed by atoms with van der Waals surface area (Å²) in [4.78, 5) is 4.00. The highest BCUT2D eigenvalue weighted by atomic mass is 19.4. The largest absolute Gasteiger partial charge is 0.573 e. The van der Waals surface area contributed by atoms with Gasteiger partial charge >= 0.3 is 6.36 Å². The monoisotopic (exact) mass is 267 g/mol. The summed E-state index contributed by atoms with van der Waals surface area (Å²) in [6.45, 7) is 0. The zero-order valence-corrected chi connectivity index (χ0v) is 9.75. The van der Waals surface area contributed by atoms with Crippen molar-refractivity contribution < 1.29 is 17.9 Å². The molecule has 0 spiro atoms. The predicted molar refractivity (Wildman–Crippen MR) is 62.7 cm³/mol. The maximum absolute atomic E-state index is 12.2. The molecule has 0 saturated heterocycles. The molecule has 0 aliphatic carbocycles. The van der Waals surface area contributed by atoms with E-state index in [9.17, 15) is 13.2 Å². The Morgan fingerprint density at radius 3 is 2.68 bits per heavy atom. The van der Waals surface area contributed by atoms with E-state index < -0.39 is 6.36 Å². The van der Waals surface area contributed by atoms with E-state index in [0.29, 0.717) is 16.6 Å². The number of hydrogen-bond acceptors (Lipinski definition) is 4. The molecule has 0 fully saturated rings. The first-order valence-electron chi connectivity index (χ1n) is 5.21. The summed E-state index contributed by atoms with van der Waals surface area (Å²) in [5.74, 6) is -0.353. The van der Waals surface area contributed by atoms with Gasteiger partial charge in [-0.05, 0) is 18.2 Å². The fraction of sp³-hybridized carbons (Fsp3) is 0.167. The maximum atomic E-state index is 12.2. The smallest absolute Gasteiger partial charge is 0.406 e. The lowest BCUT2D eigenvalue weighted by Gasteiger charge is -2.11. The Hall–Kier alpha value is -2.49. The molecule has 1 heterocycles. The van der Waals surface area contributed by atoms with Crippen LogP contribution in [0.15, 0.2) is 24.4 Å². The van der Waals surface area contributed by atoms with Crippen LogP contribution in [0.1, 0.15) is 5.56 Å². The van der Waals surface area contributed by atoms with E-state index in [-0.39, 0.29) is 11.3 Å². The molecule has 2 rings (SSSR count). The second-order valence-corrected chi connectivity index (χ2v) is 3.64. The second-order valence-electron chi connectivity index (χ2n) is 3.64. The number of benzene rings is 1. The van der Waals surface area contributed by atoms with Gasteiger partial charge in [-0.25, -0.2) is 0 Å². The third-order valence-corrected chi connectivity index (χ3v) is 2.44. The number of fused-ring (bicyclic) bond motifs is 1. The molecule has 0 atom stereocenters. The van der Waals surface area contributed by atoms with Crippen LogP contribution in [0.4, 0.5) is 18.9 Å². The molecular weight excluding hydrogens is 259 g/mol. The van der Waals surface area contributed by atoms with Gasteiger partial charge < -0.3 is 10.1 Å². The number of nitriles is 1. The molecule has 1 aromatic heterocycles. The van der Waals surface area contributed by atoms with Gasteiger partial charge in [0, 0.05) is 18.6 Å². The lowest BCUT2D eigenvalue weighted by atomic mass is 10.1. The molecule has 1 aromatic carbocycles. The van der Waals surface area contributed by atoms with Crippen LogP contribution in [-0.4, -0.2) is 18.4 Å². The minimum Gasteiger partial charge on any atom is -0.406 e. The van der Waals surface area contributed by atoms with E-state index >= 15 is 0 Å². The summed E-state index contributed by atoms with van der Waals surface area (Å²) < 4.78 is 40.3. The first-order valence-corrected chi connectivity index (χ1v) is 5.21. The third-order valence-electron chi connectivity index (χ3n) is 2.44. The Bertz CT molecular complexity index is 662. The van der Waals surface area contributed by atoms with Crippen LogP contribution in [0.3, 0.4) is 0 Å². The molecule has 1 N–H and O–H groups in total. The van der Waals surface area contributed by atoms with E-state index in [0.717, 1.165) is 0 Å². The van der Waals surface area contributed by atoms with E-state index in [1.807, 2.05) is 6.07 Å². The van der Waals surface area contributed by atoms with Crippen molar-refractivity contribution in [2.45, 2.75) is 6.36 Å². The number of aromatic nitrogens is 1. The van der Waals surface area contributed by atoms with Gasteiger partial charge in [0.15, 0.2) is 0 Å². The normalized spacial score (nSPS) is 11.1. The van der Waals surface area contributed by atoms with Crippen molar-refractivity contribution in [2.24, 2.45) is 0 Å². The van der Waals surface area contributed by atoms with Gasteiger partial charge in [-0.2, -0.15) is 5.26 Å². The zero-order chi connectivity index (χ0) is 14.0. The van der Waals surface area contributed by atoms with Crippen LogP contribution in [0.25, 0.3) is 10.9 Å². The number of rotatable bonds is 2. The first-order chi connectivity index (χ1) is 8.94. The van der Waals surface area contributed by atoms with Crippen molar-refractivity contribution in [3.63, 3.8) is 0 Å². The molecule has 0 saturated carbocycles. The number of hydrogen-bond donors (Lipinski definition) is 1. The van der Waals surface area contributed by atoms with Crippen LogP contribution in [0.2, 0.25) is 0 Å². The number of pyridine rings is 1. The van der Waals surface area contributed by atoms with E-state index in [1.165, 1.54) is 24.4 Å². The van der Waals surface area contributed by atoms with Crippen molar-refractivity contribution in [1.29, 1.82) is 5.26 Å². The summed E-state index contributed by atoms with van der Waals surface area (Å²) in [5, 5.41) is 12.1. The first kappa shape index (κ1) is 13.0. The van der Waals surface area contributed by atoms with Gasteiger partial charge in [-0.15, -0.1) is 13.2 Å². The summed E-state index contributed by atoms with van der Waals surface area (Å²) in [7, 11) is 1.58. The second kappa shape index (κ2) is 4.65. The zero-order valence-electron chi connectivity index (χ0n) is 9.75. The molecule has 0 aliphatic rings. The molecule has 4 nitrogen and oxygen atoms in total. The van der Waals surface area contributed by atoms with Gasteiger partial charge in [0.25, 0.3) is 0 Å². The maximum Gasteiger partial charge on any atom is 0.573 e. The van der Waals surface area contributed by atoms with Crippen molar-refractivity contribution in [3.8, 4) is 11.8 Å². The van der Waals surface area contributed by atoms with E-state index in [4.69, 9.17) is 5.26 Å². The fourth-order valence-corrected chi connectivity index (χ4v) is 1.72. The van der Waals surface area contributed by atoms with Crippen LogP contribution in [0.5, 0.6) is 5.75 Å². The van der Waals surface area contributed by atoms with Gasteiger partial charge in [0.1, 0.15) is 11.8 Å². The number of alkyl halides is 3. The molecule has 2 aromatic rings. The predicted octanol–water partition coefficient (Wildman–Crippen LogP) is 3.05. The standard InChI is InChI=1S/C12H8F3N3O/c1-17-11-7(5-16)6-18-10-3-2-8(4-9(10)11)19-12(13,14)15/h2-4,6H,1H3,(H,17,18). The number of anilines is 1. The van der Waals surface area contributed by atoms with Crippen LogP contribution in [-0.2, 0) is 0 Å². The topological polar surface area (TPSA) is 57.9 Å². The lowest BCUT2D eigenvalue weighted by molar-refractivity contribution is -0.274. The molecule has 0 aliphatic heterocycles. The number of nitrogens with zero attached hydrogens (tertiary/aromatic N) is 2. The summed E-state index contributed by atoms with van der Waals surface area (Å²) in [5.41, 5.74) is 1.14. The molecule has 19 heavy (non-hydrogen) atoms. The highest BCUT2D eigenvalue weighted by molar-refractivity contribution is 5.94. The Morgan fingerprint density at radius 1 is 1.37 bits per heavy atom. The molecule has 0 bridgehead atoms. The summed E-state index contributed by atoms with van der Waals surface area (Å²) in [6, 6.07) is 5.69. The number of halogens is 3. The van der Waals surface area contributed by atoms with Crippen LogP contribution < -0.4 is 10.1 Å². The Kier molecular flexibility index (Phi) is 3.17. The summed E-state index contributed by atoms with van der Waals surface area (Å²) in [6.07, 6.45) is -3.40. The SMILES string of the molecule is CNc1c(C#N)cnc2ccc(OC(F)(F)F)cc12. The molecule has 0 radical (unpaired) electrons. The van der Waals surface area contributed by atoms with Gasteiger partial charge in [0.05, 0.1) is 16.8 Å². The summed E-state index contributed by atoms with van der Waals surface area (Å²) >= 11 is 0. The Morgan fingerprint density at radius 2 is 2.11 bits per heavy atom. The Balaban J connectivity index is 2.60. The molecule has 98 valence electrons. The van der Waals surface area contributed by atoms with E-state index in [2.05, 4.69) is 15.0 Å². The van der Waals surface area contributed by atoms with Crippen molar-refractivity contribution >= 4 is 16.6 Å². The average molecular weight is 267 g/mol. The number of nitrogens with one attached hydrogen (secondary N) is 1. The average Bonchev–Trinajstić information content (AvgIpc) is 2.35. The highest BCUT2D eigenvalue weighted by Gasteiger charge is 2.31. The molecular formula is C12H8F3N3O. The van der Waals surface area contributed by atoms with Crippen molar-refractivity contribution in [1.82, 2.24) is 4.98 Å². The van der Waals surface area contributed by atoms with Gasteiger partial charge in [-0.3, -0.25) is 4.98 Å². The molecule has 7 heteroatoms. The number of ether oxygens (including phenoxy) is 1. The van der Waals surface area contributed by atoms with Crippen LogP contribution in [0, 0.1) is 11.3 Å². The Labute approximate surface area is 106 Å². The highest BCUT2D eigenvalue weighted by Crippen LogP contribution is 2.31. The van der Waals surface area contributed by atoms with E-state index in [1.54, 1.807) is 7.05 Å². The minimum atomic E-state index is -4.76. The van der Waals surface area contributed by atoms with Crippen molar-refractivity contribution in [3.05, 3.63) is 30.0 Å². The molecule has 0 unspecified atom stereocenters. The van der Waals surface area contributed by atoms with Gasteiger partial charge in [-0.1, -0.05) is 0 Å². The fourth-order valence-electron chi connectivity index (χ4n) is 1.72. The lowest BCUT2D eigenvalue weighted by Crippen LogP contribution is -2.17. The quantitative estimate of drug-likeness (QED) is 0.908. The van der Waals surface area contributed by atoms with Crippen molar-refractivity contribution in [2.75, 3.05) is 12.4 Å². The van der Waals surface area contributed by atoms with Gasteiger partial charge in [0.2, 0.25) is 0 Å².